The highest BCUT2D eigenvalue weighted by Crippen LogP contribution is 2.66. The molecule has 6 heteroatoms. The molecule has 2 nitrogen and oxygen atoms in total. The van der Waals surface area contributed by atoms with Crippen molar-refractivity contribution >= 4 is 15.9 Å². The van der Waals surface area contributed by atoms with Crippen molar-refractivity contribution in [2.75, 3.05) is 6.61 Å². The van der Waals surface area contributed by atoms with Crippen molar-refractivity contribution < 1.29 is 23.0 Å². The number of rotatable bonds is 0. The SMILES string of the molecule is OC1(C(F)(F)F)OCC2CC21Br. The average molecular weight is 247 g/mol. The van der Waals surface area contributed by atoms with Gasteiger partial charge in [0, 0.05) is 5.92 Å². The van der Waals surface area contributed by atoms with Gasteiger partial charge in [0.1, 0.15) is 0 Å². The van der Waals surface area contributed by atoms with E-state index in [4.69, 9.17) is 0 Å². The van der Waals surface area contributed by atoms with E-state index in [2.05, 4.69) is 20.7 Å². The third-order valence-electron chi connectivity index (χ3n) is 2.47. The molecule has 12 heavy (non-hydrogen) atoms. The number of hydrogen-bond donors (Lipinski definition) is 1. The Morgan fingerprint density at radius 2 is 2.08 bits per heavy atom. The summed E-state index contributed by atoms with van der Waals surface area (Å²) in [5.41, 5.74) is 0. The second kappa shape index (κ2) is 1.99. The first kappa shape index (κ1) is 8.77. The number of fused-ring (bicyclic) bond motifs is 1. The Hall–Kier alpha value is 0.190. The molecule has 0 bridgehead atoms. The molecule has 1 saturated carbocycles. The van der Waals surface area contributed by atoms with Crippen molar-refractivity contribution in [1.82, 2.24) is 0 Å². The predicted octanol–water partition coefficient (Wildman–Crippen LogP) is 1.42. The first-order valence-electron chi connectivity index (χ1n) is 3.43. The van der Waals surface area contributed by atoms with Crippen LogP contribution in [0.3, 0.4) is 0 Å². The number of alkyl halides is 4. The van der Waals surface area contributed by atoms with Crippen molar-refractivity contribution in [3.63, 3.8) is 0 Å². The molecule has 70 valence electrons. The molecule has 0 radical (unpaired) electrons. The molecule has 1 saturated heterocycles. The van der Waals surface area contributed by atoms with Gasteiger partial charge in [-0.15, -0.1) is 0 Å². The predicted molar refractivity (Wildman–Crippen MR) is 36.7 cm³/mol. The standard InChI is InChI=1S/C6H6BrF3O2/c7-4-1-3(4)2-12-5(4,11)6(8,9)10/h3,11H,1-2H2. The molecule has 0 spiro atoms. The molecular formula is C6H6BrF3O2. The van der Waals surface area contributed by atoms with Gasteiger partial charge >= 0.3 is 6.18 Å². The highest BCUT2D eigenvalue weighted by atomic mass is 79.9. The van der Waals surface area contributed by atoms with E-state index >= 15 is 0 Å². The molecule has 0 aromatic rings. The number of halogens is 4. The Morgan fingerprint density at radius 3 is 2.25 bits per heavy atom. The summed E-state index contributed by atoms with van der Waals surface area (Å²) in [5, 5.41) is 9.20. The molecule has 1 aliphatic carbocycles. The van der Waals surface area contributed by atoms with E-state index in [-0.39, 0.29) is 12.5 Å². The minimum absolute atomic E-state index is 0.0265. The van der Waals surface area contributed by atoms with Crippen LogP contribution in [0.25, 0.3) is 0 Å². The monoisotopic (exact) mass is 246 g/mol. The molecule has 0 amide bonds. The highest BCUT2D eigenvalue weighted by Gasteiger charge is 2.80. The Kier molecular flexibility index (Phi) is 1.45. The van der Waals surface area contributed by atoms with E-state index in [1.165, 1.54) is 0 Å². The van der Waals surface area contributed by atoms with Crippen LogP contribution >= 0.6 is 15.9 Å². The van der Waals surface area contributed by atoms with Gasteiger partial charge in [-0.2, -0.15) is 13.2 Å². The first-order chi connectivity index (χ1) is 5.31. The molecule has 1 N–H and O–H groups in total. The molecule has 2 fully saturated rings. The Balaban J connectivity index is 2.33. The average Bonchev–Trinajstić information content (AvgIpc) is 2.49. The largest absolute Gasteiger partial charge is 0.444 e. The minimum Gasteiger partial charge on any atom is -0.357 e. The molecule has 2 aliphatic rings. The van der Waals surface area contributed by atoms with Gasteiger partial charge in [0.2, 0.25) is 0 Å². The van der Waals surface area contributed by atoms with Crippen LogP contribution in [-0.4, -0.2) is 28.0 Å². The van der Waals surface area contributed by atoms with E-state index in [0.29, 0.717) is 6.42 Å². The van der Waals surface area contributed by atoms with Crippen molar-refractivity contribution in [3.8, 4) is 0 Å². The highest BCUT2D eigenvalue weighted by molar-refractivity contribution is 9.10. The second-order valence-electron chi connectivity index (χ2n) is 3.22. The van der Waals surface area contributed by atoms with Crippen LogP contribution < -0.4 is 0 Å². The van der Waals surface area contributed by atoms with E-state index < -0.39 is 16.3 Å². The van der Waals surface area contributed by atoms with Gasteiger partial charge in [-0.1, -0.05) is 15.9 Å². The fourth-order valence-corrected chi connectivity index (χ4v) is 2.43. The van der Waals surface area contributed by atoms with Gasteiger partial charge in [0.25, 0.3) is 5.79 Å². The van der Waals surface area contributed by atoms with Crippen molar-refractivity contribution in [2.24, 2.45) is 5.92 Å². The zero-order valence-electron chi connectivity index (χ0n) is 5.86. The lowest BCUT2D eigenvalue weighted by Gasteiger charge is -2.30. The van der Waals surface area contributed by atoms with Gasteiger partial charge in [-0.25, -0.2) is 0 Å². The van der Waals surface area contributed by atoms with E-state index in [9.17, 15) is 18.3 Å². The van der Waals surface area contributed by atoms with Crippen LogP contribution in [0.4, 0.5) is 13.2 Å². The van der Waals surface area contributed by atoms with Crippen LogP contribution in [0.15, 0.2) is 0 Å². The normalized spacial score (nSPS) is 52.2. The van der Waals surface area contributed by atoms with Gasteiger partial charge < -0.3 is 9.84 Å². The molecule has 1 aliphatic heterocycles. The topological polar surface area (TPSA) is 29.5 Å². The molecule has 3 unspecified atom stereocenters. The lowest BCUT2D eigenvalue weighted by Crippen LogP contribution is -2.53. The summed E-state index contributed by atoms with van der Waals surface area (Å²) in [4.78, 5) is 0. The van der Waals surface area contributed by atoms with Crippen LogP contribution in [0, 0.1) is 5.92 Å². The molecule has 0 aromatic heterocycles. The molecule has 2 rings (SSSR count). The summed E-state index contributed by atoms with van der Waals surface area (Å²) >= 11 is 2.88. The summed E-state index contributed by atoms with van der Waals surface area (Å²) in [6, 6.07) is 0. The quantitative estimate of drug-likeness (QED) is 0.656. The van der Waals surface area contributed by atoms with Crippen molar-refractivity contribution in [2.45, 2.75) is 22.7 Å². The minimum atomic E-state index is -4.72. The molecule has 3 atom stereocenters. The second-order valence-corrected chi connectivity index (χ2v) is 4.63. The van der Waals surface area contributed by atoms with Crippen molar-refractivity contribution in [3.05, 3.63) is 0 Å². The molecular weight excluding hydrogens is 241 g/mol. The van der Waals surface area contributed by atoms with Crippen molar-refractivity contribution in [1.29, 1.82) is 0 Å². The maximum absolute atomic E-state index is 12.3. The maximum Gasteiger partial charge on any atom is 0.444 e. The summed E-state index contributed by atoms with van der Waals surface area (Å²) in [5.74, 6) is -3.19. The van der Waals surface area contributed by atoms with Gasteiger partial charge in [-0.05, 0) is 6.42 Å². The summed E-state index contributed by atoms with van der Waals surface area (Å²) < 4.78 is 39.9. The zero-order chi connectivity index (χ0) is 9.20. The Bertz CT molecular complexity index is 229. The summed E-state index contributed by atoms with van der Waals surface area (Å²) in [7, 11) is 0. The number of hydrogen-bond acceptors (Lipinski definition) is 2. The van der Waals surface area contributed by atoms with E-state index in [1.54, 1.807) is 0 Å². The third kappa shape index (κ3) is 0.781. The lowest BCUT2D eigenvalue weighted by molar-refractivity contribution is -0.355. The van der Waals surface area contributed by atoms with Crippen LogP contribution in [0.5, 0.6) is 0 Å². The Labute approximate surface area is 74.8 Å². The first-order valence-corrected chi connectivity index (χ1v) is 4.22. The van der Waals surface area contributed by atoms with Gasteiger partial charge in [0.15, 0.2) is 0 Å². The van der Waals surface area contributed by atoms with Gasteiger partial charge in [-0.3, -0.25) is 0 Å². The fraction of sp³-hybridized carbons (Fsp3) is 1.00. The Morgan fingerprint density at radius 1 is 1.50 bits per heavy atom. The fourth-order valence-electron chi connectivity index (χ4n) is 1.56. The summed E-state index contributed by atoms with van der Waals surface area (Å²) in [6.07, 6.45) is -4.40. The maximum atomic E-state index is 12.3. The molecule has 0 aromatic carbocycles. The van der Waals surface area contributed by atoms with E-state index in [0.717, 1.165) is 0 Å². The van der Waals surface area contributed by atoms with Crippen LogP contribution in [0.1, 0.15) is 6.42 Å². The summed E-state index contributed by atoms with van der Waals surface area (Å²) in [6.45, 7) is -0.0265. The zero-order valence-corrected chi connectivity index (χ0v) is 7.44. The van der Waals surface area contributed by atoms with Crippen LogP contribution in [0.2, 0.25) is 0 Å². The lowest BCUT2D eigenvalue weighted by atomic mass is 10.1. The van der Waals surface area contributed by atoms with Gasteiger partial charge in [0.05, 0.1) is 10.9 Å². The molecule has 1 heterocycles. The number of ether oxygens (including phenoxy) is 1. The van der Waals surface area contributed by atoms with E-state index in [1.807, 2.05) is 0 Å². The van der Waals surface area contributed by atoms with Crippen LogP contribution in [-0.2, 0) is 4.74 Å². The smallest absolute Gasteiger partial charge is 0.357 e. The third-order valence-corrected chi connectivity index (χ3v) is 3.98. The number of aliphatic hydroxyl groups is 1.